The minimum Gasteiger partial charge on any atom is -0.0613 e. The van der Waals surface area contributed by atoms with Gasteiger partial charge < -0.3 is 0 Å². The molecule has 0 heteroatoms. The number of benzene rings is 5. The van der Waals surface area contributed by atoms with Gasteiger partial charge in [-0.1, -0.05) is 260 Å². The molecule has 16 atom stereocenters. The average Bonchev–Trinajstić information content (AvgIpc) is 4.04. The average molecular weight is 998 g/mol. The molecule has 11 rings (SSSR count). The Bertz CT molecular complexity index is 2840. The van der Waals surface area contributed by atoms with Gasteiger partial charge in [-0.3, -0.25) is 0 Å². The monoisotopic (exact) mass is 997 g/mol. The molecule has 0 aromatic heterocycles. The summed E-state index contributed by atoms with van der Waals surface area (Å²) in [6.07, 6.45) is 0. The molecule has 0 saturated heterocycles. The van der Waals surface area contributed by atoms with Crippen molar-refractivity contribution in [1.29, 1.82) is 0 Å². The molecule has 6 aliphatic rings. The van der Waals surface area contributed by atoms with Crippen LogP contribution in [0.4, 0.5) is 0 Å². The van der Waals surface area contributed by atoms with Crippen molar-refractivity contribution in [1.82, 2.24) is 0 Å². The third kappa shape index (κ3) is 6.24. The van der Waals surface area contributed by atoms with Gasteiger partial charge in [-0.05, 0) is 167 Å². The summed E-state index contributed by atoms with van der Waals surface area (Å²) in [4.78, 5) is 0. The minimum absolute atomic E-state index is 0.160. The van der Waals surface area contributed by atoms with Crippen molar-refractivity contribution in [3.05, 3.63) is 199 Å². The van der Waals surface area contributed by atoms with Crippen LogP contribution in [-0.2, 0) is 27.1 Å². The maximum absolute atomic E-state index is 2.77. The lowest BCUT2D eigenvalue weighted by Gasteiger charge is -2.72. The summed E-state index contributed by atoms with van der Waals surface area (Å²) in [5.74, 6) is 6.22. The van der Waals surface area contributed by atoms with Crippen molar-refractivity contribution < 1.29 is 0 Å². The van der Waals surface area contributed by atoms with Crippen LogP contribution in [0.25, 0.3) is 0 Å². The first kappa shape index (κ1) is 52.6. The van der Waals surface area contributed by atoms with E-state index in [0.717, 1.165) is 0 Å². The molecule has 5 aromatic rings. The summed E-state index contributed by atoms with van der Waals surface area (Å²) in [5, 5.41) is 0. The van der Waals surface area contributed by atoms with Gasteiger partial charge in [-0.15, -0.1) is 0 Å². The Morgan fingerprint density at radius 1 is 0.240 bits per heavy atom. The highest BCUT2D eigenvalue weighted by molar-refractivity contribution is 5.78. The van der Waals surface area contributed by atoms with Gasteiger partial charge in [0, 0.05) is 33.0 Å². The molecule has 3 saturated carbocycles. The topological polar surface area (TPSA) is 0 Å². The van der Waals surface area contributed by atoms with Crippen LogP contribution >= 0.6 is 0 Å². The number of allylic oxidation sites excluding steroid dienone is 4. The second-order valence-electron chi connectivity index (χ2n) is 28.2. The zero-order chi connectivity index (χ0) is 54.0. The predicted octanol–water partition coefficient (Wildman–Crippen LogP) is 19.9. The van der Waals surface area contributed by atoms with E-state index >= 15 is 0 Å². The fourth-order valence-electron chi connectivity index (χ4n) is 20.5. The van der Waals surface area contributed by atoms with E-state index in [1.807, 2.05) is 11.1 Å². The van der Waals surface area contributed by atoms with Gasteiger partial charge in [0.1, 0.15) is 0 Å². The van der Waals surface area contributed by atoms with Crippen molar-refractivity contribution in [2.45, 2.75) is 195 Å². The van der Waals surface area contributed by atoms with Crippen LogP contribution < -0.4 is 0 Å². The Morgan fingerprint density at radius 2 is 0.427 bits per heavy atom. The molecule has 11 unspecified atom stereocenters. The minimum atomic E-state index is -0.223. The Morgan fingerprint density at radius 3 is 0.653 bits per heavy atom. The van der Waals surface area contributed by atoms with Gasteiger partial charge in [0.05, 0.1) is 0 Å². The van der Waals surface area contributed by atoms with Gasteiger partial charge in [-0.2, -0.15) is 0 Å². The Labute approximate surface area is 457 Å². The third-order valence-corrected chi connectivity index (χ3v) is 24.9. The zero-order valence-electron chi connectivity index (χ0n) is 50.3. The molecule has 0 radical (unpaired) electrons. The van der Waals surface area contributed by atoms with Crippen LogP contribution in [0.3, 0.4) is 0 Å². The predicted molar refractivity (Wildman–Crippen MR) is 320 cm³/mol. The van der Waals surface area contributed by atoms with Crippen molar-refractivity contribution in [2.24, 2.45) is 65.1 Å². The van der Waals surface area contributed by atoms with Crippen molar-refractivity contribution in [3.63, 3.8) is 0 Å². The first-order chi connectivity index (χ1) is 35.5. The van der Waals surface area contributed by atoms with E-state index in [0.29, 0.717) is 88.8 Å². The number of hydrogen-bond acceptors (Lipinski definition) is 0. The highest BCUT2D eigenvalue weighted by Crippen LogP contribution is 2.86. The molecule has 0 nitrogen and oxygen atoms in total. The van der Waals surface area contributed by atoms with Crippen LogP contribution in [0.15, 0.2) is 144 Å². The van der Waals surface area contributed by atoms with Crippen LogP contribution in [-0.4, -0.2) is 0 Å². The second kappa shape index (κ2) is 17.8. The molecule has 0 bridgehead atoms. The molecule has 0 spiro atoms. The molecule has 0 N–H and O–H groups in total. The summed E-state index contributed by atoms with van der Waals surface area (Å²) in [6.45, 7) is 51.4. The molecule has 6 aliphatic carbocycles. The van der Waals surface area contributed by atoms with E-state index in [4.69, 9.17) is 0 Å². The van der Waals surface area contributed by atoms with Gasteiger partial charge in [0.25, 0.3) is 0 Å². The SMILES string of the molecule is CC(C)c1ccc(C23C4=C5C6=C7C4C(c4ccc(C(C)C)cc4)(C(C)C(C)C7(c4ccc(C(C)C)cc4)[C@@H](C)C(C)C6(c4ccc(C(C)C)cc4)[C@@H](C)C(C)C5(c4ccc(C(C)C)cc4)[C@@H](C)[C@H]2C)[C@H](C)C3C)cc1. The van der Waals surface area contributed by atoms with Crippen LogP contribution in [0.5, 0.6) is 0 Å². The van der Waals surface area contributed by atoms with Gasteiger partial charge in [-0.25, -0.2) is 0 Å². The quantitative estimate of drug-likeness (QED) is 0.131. The lowest BCUT2D eigenvalue weighted by molar-refractivity contribution is -0.0728. The normalized spacial score (nSPS) is 37.7. The molecule has 75 heavy (non-hydrogen) atoms. The highest BCUT2D eigenvalue weighted by atomic mass is 14.8. The van der Waals surface area contributed by atoms with E-state index in [1.54, 1.807) is 39.0 Å². The summed E-state index contributed by atoms with van der Waals surface area (Å²) in [7, 11) is 0. The maximum atomic E-state index is 2.77. The lowest BCUT2D eigenvalue weighted by atomic mass is 9.30. The third-order valence-electron chi connectivity index (χ3n) is 24.9. The first-order valence-corrected chi connectivity index (χ1v) is 30.5. The fourth-order valence-corrected chi connectivity index (χ4v) is 20.5. The molecule has 0 amide bonds. The number of rotatable bonds is 10. The van der Waals surface area contributed by atoms with Gasteiger partial charge in [0.2, 0.25) is 0 Å². The largest absolute Gasteiger partial charge is 0.0613 e. The van der Waals surface area contributed by atoms with Crippen LogP contribution in [0, 0.1) is 65.1 Å². The standard InChI is InChI=1S/C75H96/c1-41(2)56-21-31-61(32-22-56)71-46(11)48(13)72(62-33-23-57(24-34-62)42(3)4)50(15)52(17)74(64-37-27-59(28-38-64)44(7)8)54(19)55(20)75(65-39-29-60(30-40-65)45(9)10)53(18)51(16)73(49(14)47(71)12,63-35-25-58(26-36-63)43(5)6)68-66(71)67(72)69(74)70(68)75/h21-55,66H,1-20H3/t46-,47?,48?,49?,50-,51+,52+,53?,54?,55+,66?,71?,72?,73?,74?,75?/m1/s1. The van der Waals surface area contributed by atoms with E-state index in [9.17, 15) is 0 Å². The van der Waals surface area contributed by atoms with Crippen LogP contribution in [0.1, 0.15) is 224 Å². The van der Waals surface area contributed by atoms with Crippen molar-refractivity contribution in [3.8, 4) is 0 Å². The van der Waals surface area contributed by atoms with E-state index in [1.165, 1.54) is 27.8 Å². The van der Waals surface area contributed by atoms with Crippen molar-refractivity contribution >= 4 is 0 Å². The van der Waals surface area contributed by atoms with Gasteiger partial charge in [0.15, 0.2) is 0 Å². The fraction of sp³-hybridized carbons (Fsp3) is 0.547. The molecule has 0 aliphatic heterocycles. The summed E-state index contributed by atoms with van der Waals surface area (Å²) < 4.78 is 0. The summed E-state index contributed by atoms with van der Waals surface area (Å²) >= 11 is 0. The van der Waals surface area contributed by atoms with Crippen molar-refractivity contribution in [2.75, 3.05) is 0 Å². The molecule has 5 aromatic carbocycles. The maximum Gasteiger partial charge on any atom is 0.0263 e. The van der Waals surface area contributed by atoms with E-state index < -0.39 is 0 Å². The van der Waals surface area contributed by atoms with Gasteiger partial charge >= 0.3 is 0 Å². The first-order valence-electron chi connectivity index (χ1n) is 30.5. The van der Waals surface area contributed by atoms with Crippen LogP contribution in [0.2, 0.25) is 0 Å². The van der Waals surface area contributed by atoms with E-state index in [-0.39, 0.29) is 33.0 Å². The molecular formula is C75H96. The second-order valence-corrected chi connectivity index (χ2v) is 28.2. The zero-order valence-corrected chi connectivity index (χ0v) is 50.3. The number of hydrogen-bond donors (Lipinski definition) is 0. The Balaban J connectivity index is 1.42. The molecule has 3 fully saturated rings. The Hall–Kier alpha value is -4.42. The summed E-state index contributed by atoms with van der Waals surface area (Å²) in [5.41, 5.74) is 21.3. The molecule has 396 valence electrons. The molecular weight excluding hydrogens is 901 g/mol. The van der Waals surface area contributed by atoms with E-state index in [2.05, 4.69) is 260 Å². The highest BCUT2D eigenvalue weighted by Gasteiger charge is 2.82. The Kier molecular flexibility index (Phi) is 12.5. The molecule has 0 heterocycles. The lowest BCUT2D eigenvalue weighted by Crippen LogP contribution is -2.70. The summed E-state index contributed by atoms with van der Waals surface area (Å²) in [6, 6.07) is 52.0. The smallest absolute Gasteiger partial charge is 0.0263 e.